The molecule has 2 nitrogen and oxygen atoms in total. The largest absolute Gasteiger partial charge is 0.447 e. The molecule has 20 heavy (non-hydrogen) atoms. The molecule has 0 saturated carbocycles. The van der Waals surface area contributed by atoms with E-state index in [1.807, 2.05) is 0 Å². The molecule has 0 N–H and O–H groups in total. The Hall–Kier alpha value is 0.160. The summed E-state index contributed by atoms with van der Waals surface area (Å²) in [6.45, 7) is 0. The molecule has 0 saturated heterocycles. The van der Waals surface area contributed by atoms with Gasteiger partial charge in [-0.3, -0.25) is 0 Å². The van der Waals surface area contributed by atoms with E-state index in [4.69, 9.17) is 55.9 Å². The molecule has 0 bridgehead atoms. The lowest BCUT2D eigenvalue weighted by Gasteiger charge is -2.24. The van der Waals surface area contributed by atoms with Crippen LogP contribution in [0.15, 0.2) is 21.1 Å². The molecule has 3 rings (SSSR count). The second-order valence-electron chi connectivity index (χ2n) is 3.83. The van der Waals surface area contributed by atoms with Gasteiger partial charge in [-0.25, -0.2) is 0 Å². The van der Waals surface area contributed by atoms with Crippen LogP contribution in [0, 0.1) is 0 Å². The van der Waals surface area contributed by atoms with Crippen molar-refractivity contribution in [2.75, 3.05) is 0 Å². The maximum absolute atomic E-state index is 6.18. The average Bonchev–Trinajstić information content (AvgIpc) is 2.41. The summed E-state index contributed by atoms with van der Waals surface area (Å²) in [7, 11) is 0. The van der Waals surface area contributed by atoms with Crippen LogP contribution in [0.3, 0.4) is 0 Å². The van der Waals surface area contributed by atoms with Gasteiger partial charge >= 0.3 is 0 Å². The van der Waals surface area contributed by atoms with E-state index in [0.717, 1.165) is 0 Å². The van der Waals surface area contributed by atoms with Gasteiger partial charge in [0, 0.05) is 4.47 Å². The Balaban J connectivity index is 2.27. The monoisotopic (exact) mass is 476 g/mol. The van der Waals surface area contributed by atoms with E-state index in [1.165, 1.54) is 0 Å². The molecule has 1 aliphatic rings. The molecule has 0 spiro atoms. The minimum Gasteiger partial charge on any atom is -0.447 e. The van der Waals surface area contributed by atoms with Crippen LogP contribution in [-0.4, -0.2) is 0 Å². The quantitative estimate of drug-likeness (QED) is 0.307. The fourth-order valence-corrected chi connectivity index (χ4v) is 3.64. The highest BCUT2D eigenvalue weighted by Crippen LogP contribution is 2.58. The molecule has 0 fully saturated rings. The molecular formula is C12H2Br2Cl4O2. The summed E-state index contributed by atoms with van der Waals surface area (Å²) in [5, 5.41) is 1.27. The lowest BCUT2D eigenvalue weighted by molar-refractivity contribution is 0.358. The fourth-order valence-electron chi connectivity index (χ4n) is 1.69. The summed E-state index contributed by atoms with van der Waals surface area (Å²) in [6.07, 6.45) is 0. The zero-order chi connectivity index (χ0) is 14.6. The summed E-state index contributed by atoms with van der Waals surface area (Å²) < 4.78 is 12.7. The van der Waals surface area contributed by atoms with Crippen LogP contribution in [0.5, 0.6) is 23.0 Å². The maximum Gasteiger partial charge on any atom is 0.191 e. The maximum atomic E-state index is 6.18. The average molecular weight is 480 g/mol. The van der Waals surface area contributed by atoms with Crippen LogP contribution in [0.2, 0.25) is 20.1 Å². The normalized spacial score (nSPS) is 12.3. The van der Waals surface area contributed by atoms with Crippen molar-refractivity contribution in [2.45, 2.75) is 0 Å². The first-order valence-corrected chi connectivity index (χ1v) is 8.20. The topological polar surface area (TPSA) is 18.5 Å². The third kappa shape index (κ3) is 2.31. The molecule has 104 valence electrons. The van der Waals surface area contributed by atoms with Crippen LogP contribution in [-0.2, 0) is 0 Å². The van der Waals surface area contributed by atoms with Crippen LogP contribution in [0.1, 0.15) is 0 Å². The Morgan fingerprint density at radius 2 is 1.20 bits per heavy atom. The molecule has 0 aromatic heterocycles. The Kier molecular flexibility index (Phi) is 4.08. The van der Waals surface area contributed by atoms with Gasteiger partial charge in [-0.2, -0.15) is 0 Å². The Morgan fingerprint density at radius 1 is 0.650 bits per heavy atom. The summed E-state index contributed by atoms with van der Waals surface area (Å²) >= 11 is 31.1. The van der Waals surface area contributed by atoms with E-state index in [-0.39, 0.29) is 16.5 Å². The number of hydrogen-bond acceptors (Lipinski definition) is 2. The van der Waals surface area contributed by atoms with Gasteiger partial charge in [-0.15, -0.1) is 0 Å². The summed E-state index contributed by atoms with van der Waals surface area (Å²) in [5.41, 5.74) is 0. The van der Waals surface area contributed by atoms with E-state index >= 15 is 0 Å². The lowest BCUT2D eigenvalue weighted by atomic mass is 10.2. The molecular weight excluding hydrogens is 478 g/mol. The predicted octanol–water partition coefficient (Wildman–Crippen LogP) is 7.72. The van der Waals surface area contributed by atoms with Gasteiger partial charge in [-0.05, 0) is 44.0 Å². The second-order valence-corrected chi connectivity index (χ2v) is 7.11. The first-order chi connectivity index (χ1) is 9.40. The predicted molar refractivity (Wildman–Crippen MR) is 88.5 cm³/mol. The Morgan fingerprint density at radius 3 is 1.90 bits per heavy atom. The van der Waals surface area contributed by atoms with Crippen molar-refractivity contribution in [2.24, 2.45) is 0 Å². The van der Waals surface area contributed by atoms with E-state index in [0.29, 0.717) is 35.5 Å². The zero-order valence-corrected chi connectivity index (χ0v) is 15.4. The number of ether oxygens (including phenoxy) is 2. The number of rotatable bonds is 0. The first-order valence-electron chi connectivity index (χ1n) is 5.11. The van der Waals surface area contributed by atoms with E-state index < -0.39 is 0 Å². The molecule has 1 heterocycles. The van der Waals surface area contributed by atoms with Crippen LogP contribution in [0.25, 0.3) is 0 Å². The number of fused-ring (bicyclic) bond motifs is 2. The third-order valence-electron chi connectivity index (χ3n) is 2.58. The molecule has 0 radical (unpaired) electrons. The van der Waals surface area contributed by atoms with Crippen molar-refractivity contribution in [3.63, 3.8) is 0 Å². The van der Waals surface area contributed by atoms with Crippen LogP contribution in [0.4, 0.5) is 0 Å². The van der Waals surface area contributed by atoms with Crippen molar-refractivity contribution in [3.8, 4) is 23.0 Å². The first kappa shape index (κ1) is 15.1. The number of benzene rings is 2. The van der Waals surface area contributed by atoms with Gasteiger partial charge in [0.1, 0.15) is 10.0 Å². The van der Waals surface area contributed by atoms with Gasteiger partial charge in [0.25, 0.3) is 0 Å². The van der Waals surface area contributed by atoms with Crippen LogP contribution < -0.4 is 9.47 Å². The standard InChI is InChI=1S/C12H2Br2Cl4O2/c13-3-1-6(16)10-11(7(3)17)20-12-8(18)5(15)2-4(14)9(12)19-10/h1-2H. The Labute approximate surface area is 151 Å². The SMILES string of the molecule is Clc1cc(Br)c2c(c1Cl)Oc1c(Cl)c(Br)cc(Cl)c1O2. The highest BCUT2D eigenvalue weighted by Gasteiger charge is 2.30. The summed E-state index contributed by atoms with van der Waals surface area (Å²) in [4.78, 5) is 0. The Bertz CT molecular complexity index is 688. The van der Waals surface area contributed by atoms with Gasteiger partial charge in [0.15, 0.2) is 23.0 Å². The van der Waals surface area contributed by atoms with Crippen molar-refractivity contribution in [1.82, 2.24) is 0 Å². The summed E-state index contributed by atoms with van der Waals surface area (Å²) in [6, 6.07) is 3.24. The highest BCUT2D eigenvalue weighted by molar-refractivity contribution is 9.10. The molecule has 0 aliphatic carbocycles. The lowest BCUT2D eigenvalue weighted by Crippen LogP contribution is -2.02. The molecule has 1 aliphatic heterocycles. The smallest absolute Gasteiger partial charge is 0.191 e. The summed E-state index contributed by atoms with van der Waals surface area (Å²) in [5.74, 6) is 1.29. The van der Waals surface area contributed by atoms with Crippen molar-refractivity contribution in [1.29, 1.82) is 0 Å². The number of halogens is 6. The fraction of sp³-hybridized carbons (Fsp3) is 0. The molecule has 2 aromatic rings. The van der Waals surface area contributed by atoms with Gasteiger partial charge in [0.05, 0.1) is 14.5 Å². The second kappa shape index (κ2) is 5.41. The molecule has 8 heteroatoms. The molecule has 0 amide bonds. The molecule has 2 aromatic carbocycles. The van der Waals surface area contributed by atoms with Crippen molar-refractivity contribution >= 4 is 78.3 Å². The zero-order valence-electron chi connectivity index (χ0n) is 9.24. The van der Waals surface area contributed by atoms with Crippen LogP contribution >= 0.6 is 78.3 Å². The van der Waals surface area contributed by atoms with E-state index in [2.05, 4.69) is 31.9 Å². The minimum absolute atomic E-state index is 0.239. The van der Waals surface area contributed by atoms with Gasteiger partial charge in [-0.1, -0.05) is 46.4 Å². The van der Waals surface area contributed by atoms with Gasteiger partial charge in [0.2, 0.25) is 0 Å². The third-order valence-corrected chi connectivity index (χ3v) is 5.45. The van der Waals surface area contributed by atoms with E-state index in [9.17, 15) is 0 Å². The van der Waals surface area contributed by atoms with Crippen molar-refractivity contribution < 1.29 is 9.47 Å². The number of hydrogen-bond donors (Lipinski definition) is 0. The molecule has 0 unspecified atom stereocenters. The van der Waals surface area contributed by atoms with Crippen molar-refractivity contribution in [3.05, 3.63) is 41.2 Å². The molecule has 0 atom stereocenters. The minimum atomic E-state index is 0.239. The van der Waals surface area contributed by atoms with E-state index in [1.54, 1.807) is 12.1 Å². The highest BCUT2D eigenvalue weighted by atomic mass is 79.9. The van der Waals surface area contributed by atoms with Gasteiger partial charge < -0.3 is 9.47 Å².